The van der Waals surface area contributed by atoms with E-state index in [0.29, 0.717) is 11.5 Å². The zero-order chi connectivity index (χ0) is 9.97. The lowest BCUT2D eigenvalue weighted by molar-refractivity contribution is 0.912. The second kappa shape index (κ2) is 3.51. The van der Waals surface area contributed by atoms with Gasteiger partial charge in [0.15, 0.2) is 0 Å². The first-order valence-electron chi connectivity index (χ1n) is 4.57. The highest BCUT2D eigenvalue weighted by Crippen LogP contribution is 2.35. The average molecular weight is 185 g/mol. The number of nitrogens with one attached hydrogen (secondary N) is 1. The lowest BCUT2D eigenvalue weighted by atomic mass is 10.3. The van der Waals surface area contributed by atoms with E-state index in [0.717, 1.165) is 18.8 Å². The predicted molar refractivity (Wildman–Crippen MR) is 54.7 cm³/mol. The summed E-state index contributed by atoms with van der Waals surface area (Å²) in [6.07, 6.45) is 2.70. The van der Waals surface area contributed by atoms with E-state index < -0.39 is 0 Å². The Morgan fingerprint density at radius 3 is 2.93 bits per heavy atom. The van der Waals surface area contributed by atoms with E-state index >= 15 is 0 Å². The summed E-state index contributed by atoms with van der Waals surface area (Å²) in [6.45, 7) is 4.78. The van der Waals surface area contributed by atoms with Crippen LogP contribution in [0.1, 0.15) is 12.0 Å². The molecule has 3 nitrogen and oxygen atoms in total. The molecule has 1 aromatic heterocycles. The van der Waals surface area contributed by atoms with Crippen LogP contribution in [0, 0.1) is 17.2 Å². The van der Waals surface area contributed by atoms with E-state index in [1.165, 1.54) is 5.57 Å². The summed E-state index contributed by atoms with van der Waals surface area (Å²) in [7, 11) is 0. The molecular weight excluding hydrogens is 174 g/mol. The number of pyridine rings is 1. The van der Waals surface area contributed by atoms with Gasteiger partial charge in [-0.15, -0.1) is 0 Å². The van der Waals surface area contributed by atoms with Gasteiger partial charge in [-0.25, -0.2) is 4.98 Å². The zero-order valence-electron chi connectivity index (χ0n) is 7.83. The molecule has 0 spiro atoms. The molecule has 2 rings (SSSR count). The zero-order valence-corrected chi connectivity index (χ0v) is 7.83. The highest BCUT2D eigenvalue weighted by atomic mass is 15.0. The summed E-state index contributed by atoms with van der Waals surface area (Å²) < 4.78 is 0. The van der Waals surface area contributed by atoms with Gasteiger partial charge in [-0.3, -0.25) is 0 Å². The molecule has 1 N–H and O–H groups in total. The van der Waals surface area contributed by atoms with E-state index in [1.54, 1.807) is 12.3 Å². The number of rotatable bonds is 3. The molecule has 0 aromatic carbocycles. The number of aromatic nitrogens is 1. The SMILES string of the molecule is C=C1CC1CNc1ccc(C#N)cn1. The Bertz CT molecular complexity index is 386. The van der Waals surface area contributed by atoms with E-state index in [2.05, 4.69) is 16.9 Å². The highest BCUT2D eigenvalue weighted by Gasteiger charge is 2.26. The Morgan fingerprint density at radius 2 is 2.43 bits per heavy atom. The van der Waals surface area contributed by atoms with Crippen molar-refractivity contribution in [3.8, 4) is 6.07 Å². The van der Waals surface area contributed by atoms with Gasteiger partial charge in [-0.05, 0) is 18.6 Å². The maximum absolute atomic E-state index is 8.57. The number of nitriles is 1. The van der Waals surface area contributed by atoms with Crippen molar-refractivity contribution in [2.45, 2.75) is 6.42 Å². The highest BCUT2D eigenvalue weighted by molar-refractivity contribution is 5.40. The minimum atomic E-state index is 0.589. The van der Waals surface area contributed by atoms with Gasteiger partial charge in [-0.2, -0.15) is 5.26 Å². The second-order valence-electron chi connectivity index (χ2n) is 3.48. The normalized spacial score (nSPS) is 18.8. The van der Waals surface area contributed by atoms with Gasteiger partial charge < -0.3 is 5.32 Å². The fraction of sp³-hybridized carbons (Fsp3) is 0.273. The minimum absolute atomic E-state index is 0.589. The van der Waals surface area contributed by atoms with Crippen molar-refractivity contribution in [3.63, 3.8) is 0 Å². The summed E-state index contributed by atoms with van der Waals surface area (Å²) >= 11 is 0. The molecule has 1 heterocycles. The van der Waals surface area contributed by atoms with Crippen LogP contribution in [0.15, 0.2) is 30.5 Å². The molecule has 1 unspecified atom stereocenters. The number of nitrogens with zero attached hydrogens (tertiary/aromatic N) is 2. The van der Waals surface area contributed by atoms with Crippen molar-refractivity contribution in [1.29, 1.82) is 5.26 Å². The van der Waals surface area contributed by atoms with Gasteiger partial charge in [0.25, 0.3) is 0 Å². The van der Waals surface area contributed by atoms with E-state index in [9.17, 15) is 0 Å². The van der Waals surface area contributed by atoms with Gasteiger partial charge in [0, 0.05) is 18.7 Å². The average Bonchev–Trinajstić information content (AvgIpc) is 2.92. The van der Waals surface area contributed by atoms with Crippen LogP contribution in [0.2, 0.25) is 0 Å². The first-order chi connectivity index (χ1) is 6.79. The fourth-order valence-electron chi connectivity index (χ4n) is 1.27. The fourth-order valence-corrected chi connectivity index (χ4v) is 1.27. The van der Waals surface area contributed by atoms with E-state index in [4.69, 9.17) is 5.26 Å². The maximum Gasteiger partial charge on any atom is 0.125 e. The molecule has 14 heavy (non-hydrogen) atoms. The van der Waals surface area contributed by atoms with Crippen LogP contribution in [0.25, 0.3) is 0 Å². The summed E-state index contributed by atoms with van der Waals surface area (Å²) in [4.78, 5) is 4.11. The van der Waals surface area contributed by atoms with Gasteiger partial charge in [0.05, 0.1) is 5.56 Å². The monoisotopic (exact) mass is 185 g/mol. The van der Waals surface area contributed by atoms with Crippen LogP contribution in [0.4, 0.5) is 5.82 Å². The van der Waals surface area contributed by atoms with Crippen molar-refractivity contribution >= 4 is 5.82 Å². The van der Waals surface area contributed by atoms with Crippen molar-refractivity contribution in [1.82, 2.24) is 4.98 Å². The lowest BCUT2D eigenvalue weighted by Crippen LogP contribution is -2.04. The molecule has 0 aliphatic heterocycles. The Hall–Kier alpha value is -1.82. The Morgan fingerprint density at radius 1 is 1.64 bits per heavy atom. The van der Waals surface area contributed by atoms with E-state index in [1.807, 2.05) is 12.1 Å². The second-order valence-corrected chi connectivity index (χ2v) is 3.48. The van der Waals surface area contributed by atoms with Crippen LogP contribution in [-0.4, -0.2) is 11.5 Å². The van der Waals surface area contributed by atoms with Crippen molar-refractivity contribution in [2.24, 2.45) is 5.92 Å². The quantitative estimate of drug-likeness (QED) is 0.732. The first-order valence-corrected chi connectivity index (χ1v) is 4.57. The molecule has 1 fully saturated rings. The molecule has 0 bridgehead atoms. The topological polar surface area (TPSA) is 48.7 Å². The summed E-state index contributed by atoms with van der Waals surface area (Å²) in [5.74, 6) is 1.44. The molecule has 1 aromatic rings. The van der Waals surface area contributed by atoms with Crippen LogP contribution in [-0.2, 0) is 0 Å². The molecule has 1 saturated carbocycles. The third kappa shape index (κ3) is 1.91. The Balaban J connectivity index is 1.90. The number of hydrogen-bond acceptors (Lipinski definition) is 3. The van der Waals surface area contributed by atoms with Gasteiger partial charge >= 0.3 is 0 Å². The van der Waals surface area contributed by atoms with Gasteiger partial charge in [0.2, 0.25) is 0 Å². The molecule has 1 atom stereocenters. The molecule has 1 aliphatic carbocycles. The van der Waals surface area contributed by atoms with Crippen LogP contribution < -0.4 is 5.32 Å². The maximum atomic E-state index is 8.57. The third-order valence-electron chi connectivity index (χ3n) is 2.35. The predicted octanol–water partition coefficient (Wildman–Crippen LogP) is 1.94. The number of hydrogen-bond donors (Lipinski definition) is 1. The molecule has 0 amide bonds. The van der Waals surface area contributed by atoms with Crippen molar-refractivity contribution < 1.29 is 0 Å². The number of anilines is 1. The standard InChI is InChI=1S/C11H11N3/c1-8-4-10(8)7-14-11-3-2-9(5-12)6-13-11/h2-3,6,10H,1,4,7H2,(H,13,14). The third-order valence-corrected chi connectivity index (χ3v) is 2.35. The summed E-state index contributed by atoms with van der Waals surface area (Å²) in [5.41, 5.74) is 1.90. The molecule has 70 valence electrons. The van der Waals surface area contributed by atoms with Crippen LogP contribution in [0.3, 0.4) is 0 Å². The minimum Gasteiger partial charge on any atom is -0.369 e. The summed E-state index contributed by atoms with van der Waals surface area (Å²) in [5, 5.41) is 11.8. The van der Waals surface area contributed by atoms with E-state index in [-0.39, 0.29) is 0 Å². The lowest BCUT2D eigenvalue weighted by Gasteiger charge is -2.02. The Labute approximate surface area is 83.1 Å². The molecule has 0 saturated heterocycles. The van der Waals surface area contributed by atoms with Gasteiger partial charge in [-0.1, -0.05) is 12.2 Å². The molecule has 3 heteroatoms. The van der Waals surface area contributed by atoms with Gasteiger partial charge in [0.1, 0.15) is 11.9 Å². The smallest absolute Gasteiger partial charge is 0.125 e. The Kier molecular flexibility index (Phi) is 2.19. The molecule has 1 aliphatic rings. The summed E-state index contributed by atoms with van der Waals surface area (Å²) in [6, 6.07) is 5.62. The van der Waals surface area contributed by atoms with Crippen molar-refractivity contribution in [2.75, 3.05) is 11.9 Å². The van der Waals surface area contributed by atoms with Crippen LogP contribution in [0.5, 0.6) is 0 Å². The van der Waals surface area contributed by atoms with Crippen molar-refractivity contribution in [3.05, 3.63) is 36.0 Å². The van der Waals surface area contributed by atoms with Crippen LogP contribution >= 0.6 is 0 Å². The molecular formula is C11H11N3. The largest absolute Gasteiger partial charge is 0.369 e. The first kappa shape index (κ1) is 8.76. The molecule has 0 radical (unpaired) electrons.